The van der Waals surface area contributed by atoms with Crippen molar-refractivity contribution in [2.24, 2.45) is 0 Å². The molecule has 19 heavy (non-hydrogen) atoms. The highest BCUT2D eigenvalue weighted by molar-refractivity contribution is 6.31. The van der Waals surface area contributed by atoms with Gasteiger partial charge < -0.3 is 10.2 Å². The predicted octanol–water partition coefficient (Wildman–Crippen LogP) is 3.34. The number of nitrogens with one attached hydrogen (secondary N) is 1. The molecule has 0 aliphatic heterocycles. The second-order valence-electron chi connectivity index (χ2n) is 5.18. The fraction of sp³-hybridized carbons (Fsp3) is 0.600. The Labute approximate surface area is 120 Å². The van der Waals surface area contributed by atoms with E-state index < -0.39 is 0 Å². The summed E-state index contributed by atoms with van der Waals surface area (Å²) in [6.45, 7) is 4.13. The first kappa shape index (κ1) is 16.4. The highest BCUT2D eigenvalue weighted by Gasteiger charge is 2.12. The first-order chi connectivity index (χ1) is 9.02. The molecule has 1 atom stereocenters. The van der Waals surface area contributed by atoms with Crippen molar-refractivity contribution in [1.82, 2.24) is 10.2 Å². The molecular formula is C15H24ClFN2. The minimum Gasteiger partial charge on any atom is -0.314 e. The van der Waals surface area contributed by atoms with Crippen LogP contribution in [0.3, 0.4) is 0 Å². The molecule has 108 valence electrons. The van der Waals surface area contributed by atoms with Gasteiger partial charge in [0.15, 0.2) is 0 Å². The summed E-state index contributed by atoms with van der Waals surface area (Å²) in [5, 5.41) is 4.16. The lowest BCUT2D eigenvalue weighted by Crippen LogP contribution is -2.34. The lowest BCUT2D eigenvalue weighted by atomic mass is 10.0. The lowest BCUT2D eigenvalue weighted by Gasteiger charge is -2.21. The zero-order valence-electron chi connectivity index (χ0n) is 12.0. The van der Waals surface area contributed by atoms with Crippen molar-refractivity contribution < 1.29 is 4.39 Å². The smallest absolute Gasteiger partial charge is 0.123 e. The van der Waals surface area contributed by atoms with Crippen molar-refractivity contribution in [3.63, 3.8) is 0 Å². The number of benzene rings is 1. The average molecular weight is 287 g/mol. The standard InChI is InChI=1S/C15H24ClFN2/c1-4-8-18-14(7-9-19(2)3)11-12-10-13(17)5-6-15(12)16/h5-6,10,14,18H,4,7-9,11H2,1-3H3. The molecule has 0 fully saturated rings. The largest absolute Gasteiger partial charge is 0.314 e. The number of rotatable bonds is 8. The van der Waals surface area contributed by atoms with Gasteiger partial charge >= 0.3 is 0 Å². The van der Waals surface area contributed by atoms with Crippen molar-refractivity contribution in [2.45, 2.75) is 32.2 Å². The molecule has 0 bridgehead atoms. The van der Waals surface area contributed by atoms with Crippen LogP contribution in [0.4, 0.5) is 4.39 Å². The minimum absolute atomic E-state index is 0.221. The Hall–Kier alpha value is -0.640. The number of halogens is 2. The average Bonchev–Trinajstić information content (AvgIpc) is 2.36. The van der Waals surface area contributed by atoms with Crippen LogP contribution in [-0.2, 0) is 6.42 Å². The molecule has 2 nitrogen and oxygen atoms in total. The molecule has 1 aromatic carbocycles. The van der Waals surface area contributed by atoms with Crippen LogP contribution < -0.4 is 5.32 Å². The molecule has 1 unspecified atom stereocenters. The topological polar surface area (TPSA) is 15.3 Å². The molecule has 0 amide bonds. The third kappa shape index (κ3) is 6.37. The van der Waals surface area contributed by atoms with Gasteiger partial charge in [-0.25, -0.2) is 4.39 Å². The quantitative estimate of drug-likeness (QED) is 0.788. The Morgan fingerprint density at radius 1 is 1.37 bits per heavy atom. The van der Waals surface area contributed by atoms with Crippen LogP contribution >= 0.6 is 11.6 Å². The zero-order chi connectivity index (χ0) is 14.3. The Kier molecular flexibility index (Phi) is 7.36. The first-order valence-electron chi connectivity index (χ1n) is 6.85. The van der Waals surface area contributed by atoms with Gasteiger partial charge in [0, 0.05) is 11.1 Å². The predicted molar refractivity (Wildman–Crippen MR) is 80.4 cm³/mol. The molecule has 0 radical (unpaired) electrons. The van der Waals surface area contributed by atoms with Gasteiger partial charge in [-0.05, 0) is 70.2 Å². The van der Waals surface area contributed by atoms with Crippen LogP contribution in [0.1, 0.15) is 25.3 Å². The fourth-order valence-corrected chi connectivity index (χ4v) is 2.20. The summed E-state index contributed by atoms with van der Waals surface area (Å²) in [7, 11) is 4.12. The van der Waals surface area contributed by atoms with Crippen LogP contribution in [0.25, 0.3) is 0 Å². The SMILES string of the molecule is CCCNC(CCN(C)C)Cc1cc(F)ccc1Cl. The number of hydrogen-bond donors (Lipinski definition) is 1. The Balaban J connectivity index is 2.66. The third-order valence-corrected chi connectivity index (χ3v) is 3.45. The van der Waals surface area contributed by atoms with E-state index in [1.807, 2.05) is 0 Å². The molecule has 0 heterocycles. The molecule has 0 saturated heterocycles. The molecule has 1 aromatic rings. The maximum atomic E-state index is 13.3. The Morgan fingerprint density at radius 3 is 2.74 bits per heavy atom. The highest BCUT2D eigenvalue weighted by Crippen LogP contribution is 2.19. The zero-order valence-corrected chi connectivity index (χ0v) is 12.8. The number of nitrogens with zero attached hydrogens (tertiary/aromatic N) is 1. The van der Waals surface area contributed by atoms with Crippen molar-refractivity contribution >= 4 is 11.6 Å². The van der Waals surface area contributed by atoms with Crippen molar-refractivity contribution in [3.05, 3.63) is 34.6 Å². The summed E-state index contributed by atoms with van der Waals surface area (Å²) in [4.78, 5) is 2.16. The maximum absolute atomic E-state index is 13.3. The van der Waals surface area contributed by atoms with Gasteiger partial charge in [-0.2, -0.15) is 0 Å². The van der Waals surface area contributed by atoms with Gasteiger partial charge in [0.2, 0.25) is 0 Å². The lowest BCUT2D eigenvalue weighted by molar-refractivity contribution is 0.356. The van der Waals surface area contributed by atoms with Crippen molar-refractivity contribution in [1.29, 1.82) is 0 Å². The minimum atomic E-state index is -0.221. The second kappa shape index (κ2) is 8.51. The van der Waals surface area contributed by atoms with E-state index in [1.165, 1.54) is 6.07 Å². The van der Waals surface area contributed by atoms with Gasteiger partial charge in [0.25, 0.3) is 0 Å². The molecule has 1 rings (SSSR count). The molecule has 0 saturated carbocycles. The van der Waals surface area contributed by atoms with E-state index in [2.05, 4.69) is 31.2 Å². The fourth-order valence-electron chi connectivity index (χ4n) is 2.00. The van der Waals surface area contributed by atoms with Gasteiger partial charge in [0.1, 0.15) is 5.82 Å². The molecule has 4 heteroatoms. The Morgan fingerprint density at radius 2 is 2.11 bits per heavy atom. The summed E-state index contributed by atoms with van der Waals surface area (Å²) < 4.78 is 13.3. The summed E-state index contributed by atoms with van der Waals surface area (Å²) in [6.07, 6.45) is 2.89. The van der Waals surface area contributed by atoms with Crippen LogP contribution in [-0.4, -0.2) is 38.1 Å². The van der Waals surface area contributed by atoms with Crippen LogP contribution in [0, 0.1) is 5.82 Å². The Bertz CT molecular complexity index is 382. The summed E-state index contributed by atoms with van der Waals surface area (Å²) in [6, 6.07) is 4.91. The molecule has 0 aromatic heterocycles. The molecule has 0 aliphatic rings. The van der Waals surface area contributed by atoms with Crippen LogP contribution in [0.5, 0.6) is 0 Å². The summed E-state index contributed by atoms with van der Waals surface area (Å²) in [5.41, 5.74) is 0.883. The number of hydrogen-bond acceptors (Lipinski definition) is 2. The van der Waals surface area contributed by atoms with Gasteiger partial charge in [-0.1, -0.05) is 18.5 Å². The normalized spacial score (nSPS) is 12.9. The van der Waals surface area contributed by atoms with E-state index in [9.17, 15) is 4.39 Å². The van der Waals surface area contributed by atoms with E-state index >= 15 is 0 Å². The van der Waals surface area contributed by atoms with E-state index in [0.29, 0.717) is 11.1 Å². The van der Waals surface area contributed by atoms with Crippen molar-refractivity contribution in [2.75, 3.05) is 27.2 Å². The van der Waals surface area contributed by atoms with Crippen LogP contribution in [0.15, 0.2) is 18.2 Å². The third-order valence-electron chi connectivity index (χ3n) is 3.08. The molecule has 1 N–H and O–H groups in total. The van der Waals surface area contributed by atoms with Crippen molar-refractivity contribution in [3.8, 4) is 0 Å². The van der Waals surface area contributed by atoms with Gasteiger partial charge in [-0.15, -0.1) is 0 Å². The maximum Gasteiger partial charge on any atom is 0.123 e. The van der Waals surface area contributed by atoms with E-state index in [0.717, 1.165) is 37.9 Å². The van der Waals surface area contributed by atoms with E-state index in [1.54, 1.807) is 12.1 Å². The second-order valence-corrected chi connectivity index (χ2v) is 5.59. The molecule has 0 aliphatic carbocycles. The molecular weight excluding hydrogens is 263 g/mol. The van der Waals surface area contributed by atoms with E-state index in [4.69, 9.17) is 11.6 Å². The highest BCUT2D eigenvalue weighted by atomic mass is 35.5. The monoisotopic (exact) mass is 286 g/mol. The van der Waals surface area contributed by atoms with Gasteiger partial charge in [0.05, 0.1) is 0 Å². The van der Waals surface area contributed by atoms with Gasteiger partial charge in [-0.3, -0.25) is 0 Å². The summed E-state index contributed by atoms with van der Waals surface area (Å²) in [5.74, 6) is -0.221. The van der Waals surface area contributed by atoms with Crippen LogP contribution in [0.2, 0.25) is 5.02 Å². The first-order valence-corrected chi connectivity index (χ1v) is 7.22. The van der Waals surface area contributed by atoms with E-state index in [-0.39, 0.29) is 5.82 Å². The molecule has 0 spiro atoms. The summed E-state index contributed by atoms with van der Waals surface area (Å²) >= 11 is 6.13.